The van der Waals surface area contributed by atoms with Crippen LogP contribution in [0.25, 0.3) is 21.7 Å². The number of rotatable bonds is 8. The molecule has 0 aliphatic heterocycles. The number of anilines is 2. The van der Waals surface area contributed by atoms with Crippen molar-refractivity contribution in [3.63, 3.8) is 0 Å². The first-order valence-corrected chi connectivity index (χ1v) is 11.9. The van der Waals surface area contributed by atoms with Crippen molar-refractivity contribution in [1.29, 1.82) is 5.26 Å². The van der Waals surface area contributed by atoms with E-state index in [2.05, 4.69) is 21.4 Å². The van der Waals surface area contributed by atoms with Crippen molar-refractivity contribution in [1.82, 2.24) is 20.0 Å². The molecule has 0 N–H and O–H groups in total. The number of fused-ring (bicyclic) bond motifs is 2. The Balaban J connectivity index is 1.61. The van der Waals surface area contributed by atoms with Gasteiger partial charge >= 0.3 is 0 Å². The Morgan fingerprint density at radius 3 is 2.57 bits per heavy atom. The molecule has 2 aromatic heterocycles. The van der Waals surface area contributed by atoms with Gasteiger partial charge in [0, 0.05) is 22.8 Å². The van der Waals surface area contributed by atoms with Gasteiger partial charge in [-0.25, -0.2) is 9.75 Å². The summed E-state index contributed by atoms with van der Waals surface area (Å²) in [6.07, 6.45) is 4.90. The van der Waals surface area contributed by atoms with Gasteiger partial charge in [-0.05, 0) is 53.2 Å². The third-order valence-corrected chi connectivity index (χ3v) is 6.30. The van der Waals surface area contributed by atoms with Crippen LogP contribution in [0, 0.1) is 11.3 Å². The third-order valence-electron chi connectivity index (χ3n) is 5.76. The number of pyridine rings is 1. The van der Waals surface area contributed by atoms with Crippen LogP contribution >= 0.6 is 23.2 Å². The lowest BCUT2D eigenvalue weighted by atomic mass is 10.0. The number of ether oxygens (including phenoxy) is 2. The normalized spacial score (nSPS) is 11.0. The van der Waals surface area contributed by atoms with Crippen LogP contribution in [0.5, 0.6) is 11.5 Å². The molecule has 9 nitrogen and oxygen atoms in total. The first-order valence-electron chi connectivity index (χ1n) is 11.1. The standard InChI is InChI=1S/C26H20Cl2N6O3/c1-35-24-11-16-9-20-22(10-17(16)12-25(24)37-8-7-33-6-5-31-32-33)30-15-18(14-29)26(20)34(36-2)23-4-3-19(27)13-21(23)28/h3-6,9-13,15H,7-8H2,1-2H3. The quantitative estimate of drug-likeness (QED) is 0.178. The molecule has 0 unspecified atom stereocenters. The summed E-state index contributed by atoms with van der Waals surface area (Å²) in [5, 5.41) is 22.5. The fourth-order valence-electron chi connectivity index (χ4n) is 4.06. The summed E-state index contributed by atoms with van der Waals surface area (Å²) in [7, 11) is 3.09. The summed E-state index contributed by atoms with van der Waals surface area (Å²) >= 11 is 12.6. The lowest BCUT2D eigenvalue weighted by Crippen LogP contribution is -2.17. The monoisotopic (exact) mass is 534 g/mol. The largest absolute Gasteiger partial charge is 0.493 e. The summed E-state index contributed by atoms with van der Waals surface area (Å²) in [5.74, 6) is 1.16. The van der Waals surface area contributed by atoms with Gasteiger partial charge in [0.25, 0.3) is 0 Å². The van der Waals surface area contributed by atoms with Gasteiger partial charge in [0.1, 0.15) is 12.7 Å². The van der Waals surface area contributed by atoms with Gasteiger partial charge in [0.15, 0.2) is 11.5 Å². The summed E-state index contributed by atoms with van der Waals surface area (Å²) in [6, 6.07) is 14.9. The molecule has 3 aromatic carbocycles. The zero-order valence-corrected chi connectivity index (χ0v) is 21.4. The minimum atomic E-state index is 0.319. The van der Waals surface area contributed by atoms with Crippen molar-refractivity contribution in [2.75, 3.05) is 25.9 Å². The Hall–Kier alpha value is -4.10. The smallest absolute Gasteiger partial charge is 0.161 e. The van der Waals surface area contributed by atoms with E-state index in [1.807, 2.05) is 24.3 Å². The zero-order chi connectivity index (χ0) is 25.9. The highest BCUT2D eigenvalue weighted by Crippen LogP contribution is 2.41. The van der Waals surface area contributed by atoms with E-state index in [1.165, 1.54) is 18.4 Å². The lowest BCUT2D eigenvalue weighted by Gasteiger charge is -2.25. The second-order valence-corrected chi connectivity index (χ2v) is 8.78. The van der Waals surface area contributed by atoms with E-state index in [1.54, 1.807) is 42.4 Å². The van der Waals surface area contributed by atoms with Crippen LogP contribution in [0.4, 0.5) is 11.4 Å². The minimum absolute atomic E-state index is 0.319. The molecule has 0 spiro atoms. The number of halogens is 2. The van der Waals surface area contributed by atoms with Gasteiger partial charge < -0.3 is 9.47 Å². The van der Waals surface area contributed by atoms with Gasteiger partial charge in [0.05, 0.1) is 54.4 Å². The first-order chi connectivity index (χ1) is 18.0. The topological polar surface area (TPSA) is 98.3 Å². The second-order valence-electron chi connectivity index (χ2n) is 7.94. The Morgan fingerprint density at radius 2 is 1.86 bits per heavy atom. The van der Waals surface area contributed by atoms with Crippen LogP contribution in [0.15, 0.2) is 61.1 Å². The molecule has 0 fully saturated rings. The van der Waals surface area contributed by atoms with Crippen molar-refractivity contribution in [3.8, 4) is 17.6 Å². The van der Waals surface area contributed by atoms with Gasteiger partial charge in [-0.1, -0.05) is 28.4 Å². The number of benzene rings is 3. The Morgan fingerprint density at radius 1 is 1.05 bits per heavy atom. The van der Waals surface area contributed by atoms with E-state index in [0.717, 1.165) is 10.8 Å². The molecular formula is C26H20Cl2N6O3. The molecule has 37 heavy (non-hydrogen) atoms. The number of hydrogen-bond acceptors (Lipinski definition) is 8. The fourth-order valence-corrected chi connectivity index (χ4v) is 4.55. The van der Waals surface area contributed by atoms with E-state index in [4.69, 9.17) is 37.5 Å². The van der Waals surface area contributed by atoms with Crippen molar-refractivity contribution in [3.05, 3.63) is 76.7 Å². The molecule has 186 valence electrons. The van der Waals surface area contributed by atoms with Crippen molar-refractivity contribution in [2.45, 2.75) is 6.54 Å². The van der Waals surface area contributed by atoms with E-state index in [-0.39, 0.29) is 0 Å². The van der Waals surface area contributed by atoms with Gasteiger partial charge in [-0.3, -0.25) is 9.82 Å². The predicted molar refractivity (Wildman–Crippen MR) is 142 cm³/mol. The van der Waals surface area contributed by atoms with Gasteiger partial charge in [0.2, 0.25) is 0 Å². The van der Waals surface area contributed by atoms with Crippen LogP contribution in [0.3, 0.4) is 0 Å². The highest BCUT2D eigenvalue weighted by Gasteiger charge is 2.21. The minimum Gasteiger partial charge on any atom is -0.493 e. The van der Waals surface area contributed by atoms with Crippen LogP contribution in [0.1, 0.15) is 5.56 Å². The molecule has 0 atom stereocenters. The average molecular weight is 535 g/mol. The number of nitriles is 1. The van der Waals surface area contributed by atoms with E-state index < -0.39 is 0 Å². The van der Waals surface area contributed by atoms with Gasteiger partial charge in [-0.2, -0.15) is 5.26 Å². The Kier molecular flexibility index (Phi) is 6.97. The molecule has 0 radical (unpaired) electrons. The number of methoxy groups -OCH3 is 1. The summed E-state index contributed by atoms with van der Waals surface area (Å²) in [4.78, 5) is 10.2. The molecule has 5 rings (SSSR count). The van der Waals surface area contributed by atoms with E-state index in [9.17, 15) is 5.26 Å². The molecular weight excluding hydrogens is 515 g/mol. The molecule has 0 saturated heterocycles. The van der Waals surface area contributed by atoms with E-state index in [0.29, 0.717) is 62.5 Å². The Bertz CT molecular complexity index is 1640. The van der Waals surface area contributed by atoms with Crippen molar-refractivity contribution in [2.24, 2.45) is 0 Å². The van der Waals surface area contributed by atoms with Crippen LogP contribution in [-0.4, -0.2) is 40.8 Å². The van der Waals surface area contributed by atoms with Gasteiger partial charge in [-0.15, -0.1) is 5.10 Å². The summed E-state index contributed by atoms with van der Waals surface area (Å²) in [5.41, 5.74) is 2.02. The number of aromatic nitrogens is 4. The van der Waals surface area contributed by atoms with Crippen LogP contribution in [-0.2, 0) is 11.4 Å². The molecule has 0 amide bonds. The summed E-state index contributed by atoms with van der Waals surface area (Å²) < 4.78 is 13.3. The highest BCUT2D eigenvalue weighted by molar-refractivity contribution is 6.36. The highest BCUT2D eigenvalue weighted by atomic mass is 35.5. The van der Waals surface area contributed by atoms with Crippen LogP contribution < -0.4 is 14.5 Å². The maximum Gasteiger partial charge on any atom is 0.161 e. The molecule has 0 bridgehead atoms. The fraction of sp³-hybridized carbons (Fsp3) is 0.154. The van der Waals surface area contributed by atoms with Crippen molar-refractivity contribution >= 4 is 56.3 Å². The molecule has 0 aliphatic carbocycles. The predicted octanol–water partition coefficient (Wildman–Crippen LogP) is 5.95. The molecule has 2 heterocycles. The first kappa shape index (κ1) is 24.6. The number of hydrogen-bond donors (Lipinski definition) is 0. The number of nitrogens with zero attached hydrogens (tertiary/aromatic N) is 6. The molecule has 0 saturated carbocycles. The SMILES string of the molecule is COc1cc2cc3c(N(OC)c4ccc(Cl)cc4Cl)c(C#N)cnc3cc2cc1OCCn1ccnn1. The molecule has 0 aliphatic rings. The second kappa shape index (κ2) is 10.5. The lowest BCUT2D eigenvalue weighted by molar-refractivity contribution is 0.202. The summed E-state index contributed by atoms with van der Waals surface area (Å²) in [6.45, 7) is 0.929. The average Bonchev–Trinajstić information content (AvgIpc) is 3.42. The maximum absolute atomic E-state index is 9.89. The van der Waals surface area contributed by atoms with E-state index >= 15 is 0 Å². The maximum atomic E-state index is 9.89. The molecule has 5 aromatic rings. The van der Waals surface area contributed by atoms with Crippen LogP contribution in [0.2, 0.25) is 10.0 Å². The third kappa shape index (κ3) is 4.82. The zero-order valence-electron chi connectivity index (χ0n) is 19.9. The Labute approximate surface area is 222 Å². The molecule has 11 heteroatoms. The van der Waals surface area contributed by atoms with Crippen molar-refractivity contribution < 1.29 is 14.3 Å².